The van der Waals surface area contributed by atoms with Crippen molar-refractivity contribution in [3.8, 4) is 16.9 Å². The summed E-state index contributed by atoms with van der Waals surface area (Å²) in [7, 11) is -3.98. The predicted molar refractivity (Wildman–Crippen MR) is 153 cm³/mol. The Balaban J connectivity index is 1.39. The van der Waals surface area contributed by atoms with Gasteiger partial charge in [0, 0.05) is 22.3 Å². The Morgan fingerprint density at radius 3 is 2.30 bits per heavy atom. The van der Waals surface area contributed by atoms with Crippen molar-refractivity contribution < 1.29 is 17.6 Å². The standard InChI is InChI=1S/C29H21ClFN5O3S/c30-22-12-16-25(17-13-22)40(38,39)35-27-9-5-4-8-26(27)29(37)33-32-18-21-19-36(24-6-2-1-3-7-24)34-28(21)20-10-14-23(31)15-11-20/h1-19,35H,(H,33,37)/b32-18+. The number of aromatic nitrogens is 2. The van der Waals surface area contributed by atoms with Crippen molar-refractivity contribution in [3.05, 3.63) is 131 Å². The summed E-state index contributed by atoms with van der Waals surface area (Å²) in [6, 6.07) is 27.1. The van der Waals surface area contributed by atoms with Crippen LogP contribution in [0.3, 0.4) is 0 Å². The van der Waals surface area contributed by atoms with Crippen LogP contribution in [0.1, 0.15) is 15.9 Å². The molecule has 200 valence electrons. The van der Waals surface area contributed by atoms with Gasteiger partial charge in [-0.3, -0.25) is 9.52 Å². The minimum atomic E-state index is -3.98. The van der Waals surface area contributed by atoms with Crippen LogP contribution < -0.4 is 10.1 Å². The number of amides is 1. The van der Waals surface area contributed by atoms with E-state index in [1.165, 1.54) is 54.7 Å². The molecule has 0 aliphatic rings. The van der Waals surface area contributed by atoms with Crippen molar-refractivity contribution in [1.29, 1.82) is 0 Å². The first-order chi connectivity index (χ1) is 19.3. The average Bonchev–Trinajstić information content (AvgIpc) is 3.38. The van der Waals surface area contributed by atoms with Crippen LogP contribution in [0.25, 0.3) is 16.9 Å². The van der Waals surface area contributed by atoms with Gasteiger partial charge in [0.15, 0.2) is 0 Å². The summed E-state index contributed by atoms with van der Waals surface area (Å²) >= 11 is 5.86. The minimum absolute atomic E-state index is 0.00566. The first-order valence-electron chi connectivity index (χ1n) is 11.9. The van der Waals surface area contributed by atoms with Crippen LogP contribution in [0.4, 0.5) is 10.1 Å². The Morgan fingerprint density at radius 2 is 1.57 bits per heavy atom. The fourth-order valence-corrected chi connectivity index (χ4v) is 5.04. The van der Waals surface area contributed by atoms with Gasteiger partial charge in [-0.15, -0.1) is 0 Å². The Morgan fingerprint density at radius 1 is 0.900 bits per heavy atom. The number of sulfonamides is 1. The normalized spacial score (nSPS) is 11.4. The molecule has 1 aromatic heterocycles. The number of hydrogen-bond acceptors (Lipinski definition) is 5. The van der Waals surface area contributed by atoms with E-state index in [1.54, 1.807) is 35.1 Å². The van der Waals surface area contributed by atoms with Crippen molar-refractivity contribution in [3.63, 3.8) is 0 Å². The maximum atomic E-state index is 13.5. The van der Waals surface area contributed by atoms with E-state index in [0.29, 0.717) is 21.8 Å². The second-order valence-corrected chi connectivity index (χ2v) is 10.6. The lowest BCUT2D eigenvalue weighted by atomic mass is 10.1. The molecule has 8 nitrogen and oxygen atoms in total. The molecule has 0 saturated heterocycles. The highest BCUT2D eigenvalue weighted by molar-refractivity contribution is 7.92. The Kier molecular flexibility index (Phi) is 7.72. The van der Waals surface area contributed by atoms with Gasteiger partial charge in [0.05, 0.1) is 28.0 Å². The number of rotatable bonds is 8. The van der Waals surface area contributed by atoms with Gasteiger partial charge in [0.1, 0.15) is 11.5 Å². The quantitative estimate of drug-likeness (QED) is 0.178. The number of benzene rings is 4. The van der Waals surface area contributed by atoms with Crippen molar-refractivity contribution in [2.75, 3.05) is 4.72 Å². The van der Waals surface area contributed by atoms with Gasteiger partial charge < -0.3 is 0 Å². The topological polar surface area (TPSA) is 105 Å². The molecule has 1 amide bonds. The molecule has 40 heavy (non-hydrogen) atoms. The lowest BCUT2D eigenvalue weighted by Gasteiger charge is -2.11. The maximum absolute atomic E-state index is 13.5. The Labute approximate surface area is 234 Å². The van der Waals surface area contributed by atoms with Crippen LogP contribution in [0.15, 0.2) is 119 Å². The maximum Gasteiger partial charge on any atom is 0.273 e. The van der Waals surface area contributed by atoms with E-state index in [-0.39, 0.29) is 22.0 Å². The third kappa shape index (κ3) is 6.09. The third-order valence-corrected chi connectivity index (χ3v) is 7.42. The molecule has 0 fully saturated rings. The zero-order chi connectivity index (χ0) is 28.1. The van der Waals surface area contributed by atoms with Crippen LogP contribution in [0.5, 0.6) is 0 Å². The molecule has 2 N–H and O–H groups in total. The van der Waals surface area contributed by atoms with Gasteiger partial charge in [-0.1, -0.05) is 41.9 Å². The predicted octanol–water partition coefficient (Wildman–Crippen LogP) is 5.90. The third-order valence-electron chi connectivity index (χ3n) is 5.79. The fourth-order valence-electron chi connectivity index (χ4n) is 3.84. The SMILES string of the molecule is O=C(N/N=C/c1cn(-c2ccccc2)nc1-c1ccc(F)cc1)c1ccccc1NS(=O)(=O)c1ccc(Cl)cc1. The molecule has 5 aromatic rings. The first-order valence-corrected chi connectivity index (χ1v) is 13.8. The van der Waals surface area contributed by atoms with E-state index >= 15 is 0 Å². The molecule has 4 aromatic carbocycles. The number of hydrazone groups is 1. The number of halogens is 2. The highest BCUT2D eigenvalue weighted by Gasteiger charge is 2.19. The van der Waals surface area contributed by atoms with Crippen LogP contribution in [-0.2, 0) is 10.0 Å². The fraction of sp³-hybridized carbons (Fsp3) is 0. The molecule has 0 radical (unpaired) electrons. The van der Waals surface area contributed by atoms with Crippen LogP contribution in [-0.4, -0.2) is 30.3 Å². The van der Waals surface area contributed by atoms with Gasteiger partial charge in [0.2, 0.25) is 0 Å². The van der Waals surface area contributed by atoms with Crippen LogP contribution >= 0.6 is 11.6 Å². The summed E-state index contributed by atoms with van der Waals surface area (Å²) in [4.78, 5) is 13.0. The van der Waals surface area contributed by atoms with E-state index in [1.807, 2.05) is 30.3 Å². The monoisotopic (exact) mass is 573 g/mol. The van der Waals surface area contributed by atoms with E-state index in [4.69, 9.17) is 11.6 Å². The molecular weight excluding hydrogens is 553 g/mol. The number of carbonyl (C=O) groups is 1. The smallest absolute Gasteiger partial charge is 0.273 e. The van der Waals surface area contributed by atoms with Crippen LogP contribution in [0, 0.1) is 5.82 Å². The Bertz CT molecular complexity index is 1790. The van der Waals surface area contributed by atoms with Gasteiger partial charge in [0.25, 0.3) is 15.9 Å². The largest absolute Gasteiger partial charge is 0.279 e. The number of hydrogen-bond donors (Lipinski definition) is 2. The number of carbonyl (C=O) groups excluding carboxylic acids is 1. The summed E-state index contributed by atoms with van der Waals surface area (Å²) in [5.74, 6) is -1.01. The summed E-state index contributed by atoms with van der Waals surface area (Å²) < 4.78 is 43.3. The molecule has 0 bridgehead atoms. The number of para-hydroxylation sites is 2. The molecule has 5 rings (SSSR count). The second kappa shape index (κ2) is 11.5. The zero-order valence-corrected chi connectivity index (χ0v) is 22.3. The Hall–Kier alpha value is -4.80. The molecule has 0 atom stereocenters. The van der Waals surface area contributed by atoms with Gasteiger partial charge in [-0.25, -0.2) is 22.9 Å². The lowest BCUT2D eigenvalue weighted by molar-refractivity contribution is 0.0956. The summed E-state index contributed by atoms with van der Waals surface area (Å²) in [6.45, 7) is 0. The van der Waals surface area contributed by atoms with E-state index in [0.717, 1.165) is 5.69 Å². The highest BCUT2D eigenvalue weighted by Crippen LogP contribution is 2.24. The van der Waals surface area contributed by atoms with Crippen molar-refractivity contribution in [2.45, 2.75) is 4.90 Å². The van der Waals surface area contributed by atoms with Gasteiger partial charge >= 0.3 is 0 Å². The molecule has 0 aliphatic heterocycles. The molecule has 11 heteroatoms. The highest BCUT2D eigenvalue weighted by atomic mass is 35.5. The van der Waals surface area contributed by atoms with Crippen molar-refractivity contribution in [1.82, 2.24) is 15.2 Å². The number of nitrogens with zero attached hydrogens (tertiary/aromatic N) is 3. The first kappa shape index (κ1) is 26.8. The van der Waals surface area contributed by atoms with Crippen molar-refractivity contribution >= 4 is 39.4 Å². The molecule has 0 spiro atoms. The van der Waals surface area contributed by atoms with E-state index < -0.39 is 15.9 Å². The van der Waals surface area contributed by atoms with Crippen molar-refractivity contribution in [2.24, 2.45) is 5.10 Å². The van der Waals surface area contributed by atoms with Gasteiger partial charge in [-0.05, 0) is 72.8 Å². The van der Waals surface area contributed by atoms with Crippen LogP contribution in [0.2, 0.25) is 5.02 Å². The van der Waals surface area contributed by atoms with E-state index in [2.05, 4.69) is 20.3 Å². The number of anilines is 1. The summed E-state index contributed by atoms with van der Waals surface area (Å²) in [5.41, 5.74) is 5.13. The second-order valence-electron chi connectivity index (χ2n) is 8.52. The average molecular weight is 574 g/mol. The molecule has 1 heterocycles. The summed E-state index contributed by atoms with van der Waals surface area (Å²) in [6.07, 6.45) is 3.15. The summed E-state index contributed by atoms with van der Waals surface area (Å²) in [5, 5.41) is 9.12. The van der Waals surface area contributed by atoms with Gasteiger partial charge in [-0.2, -0.15) is 10.2 Å². The lowest BCUT2D eigenvalue weighted by Crippen LogP contribution is -2.21. The molecule has 0 saturated carbocycles. The van der Waals surface area contributed by atoms with E-state index in [9.17, 15) is 17.6 Å². The number of nitrogens with one attached hydrogen (secondary N) is 2. The molecular formula is C29H21ClFN5O3S. The molecule has 0 unspecified atom stereocenters. The zero-order valence-electron chi connectivity index (χ0n) is 20.7. The molecule has 0 aliphatic carbocycles. The minimum Gasteiger partial charge on any atom is -0.279 e.